The number of carbonyl (C=O) groups is 2. The van der Waals surface area contributed by atoms with E-state index in [1.54, 1.807) is 12.1 Å². The molecule has 5 nitrogen and oxygen atoms in total. The molecular formula is C23H25N3O2S2. The van der Waals surface area contributed by atoms with Crippen LogP contribution in [-0.4, -0.2) is 27.6 Å². The normalized spacial score (nSPS) is 10.7. The van der Waals surface area contributed by atoms with Crippen molar-refractivity contribution >= 4 is 39.9 Å². The molecule has 0 fully saturated rings. The first-order valence-electron chi connectivity index (χ1n) is 10.1. The Kier molecular flexibility index (Phi) is 8.59. The van der Waals surface area contributed by atoms with Crippen LogP contribution in [0.15, 0.2) is 58.9 Å². The van der Waals surface area contributed by atoms with Gasteiger partial charge in [-0.3, -0.25) is 14.9 Å². The quantitative estimate of drug-likeness (QED) is 0.175. The largest absolute Gasteiger partial charge is 0.296 e. The van der Waals surface area contributed by atoms with Gasteiger partial charge in [0.05, 0.1) is 5.75 Å². The maximum absolute atomic E-state index is 12.5. The second-order valence-corrected chi connectivity index (χ2v) is 9.11. The molecule has 3 rings (SSSR count). The van der Waals surface area contributed by atoms with Gasteiger partial charge in [0.15, 0.2) is 10.1 Å². The van der Waals surface area contributed by atoms with E-state index in [1.165, 1.54) is 54.3 Å². The van der Waals surface area contributed by atoms with E-state index >= 15 is 0 Å². The number of carbonyl (C=O) groups excluding carboxylic acids is 2. The SMILES string of the molecule is CCCCCCc1ccc(C(=O)Nc2nnc(SCC(=O)c3ccccc3)s2)cc1. The molecule has 1 aromatic heterocycles. The molecule has 0 saturated heterocycles. The number of nitrogens with zero attached hydrogens (tertiary/aromatic N) is 2. The molecule has 0 aliphatic carbocycles. The van der Waals surface area contributed by atoms with E-state index < -0.39 is 0 Å². The number of aryl methyl sites for hydroxylation is 1. The van der Waals surface area contributed by atoms with E-state index in [1.807, 2.05) is 42.5 Å². The molecule has 0 atom stereocenters. The lowest BCUT2D eigenvalue weighted by molar-refractivity contribution is 0.101. The topological polar surface area (TPSA) is 72.0 Å². The first-order chi connectivity index (χ1) is 14.7. The predicted molar refractivity (Wildman–Crippen MR) is 124 cm³/mol. The number of hydrogen-bond donors (Lipinski definition) is 1. The fourth-order valence-electron chi connectivity index (χ4n) is 2.90. The van der Waals surface area contributed by atoms with Crippen molar-refractivity contribution in [1.82, 2.24) is 10.2 Å². The summed E-state index contributed by atoms with van der Waals surface area (Å²) in [5.74, 6) is 0.114. The number of ketones is 1. The van der Waals surface area contributed by atoms with Crippen LogP contribution in [0.3, 0.4) is 0 Å². The van der Waals surface area contributed by atoms with E-state index in [0.717, 1.165) is 6.42 Å². The summed E-state index contributed by atoms with van der Waals surface area (Å²) in [5.41, 5.74) is 2.52. The van der Waals surface area contributed by atoms with Gasteiger partial charge in [-0.15, -0.1) is 10.2 Å². The Bertz CT molecular complexity index is 956. The zero-order valence-electron chi connectivity index (χ0n) is 17.0. The molecule has 1 amide bonds. The van der Waals surface area contributed by atoms with Crippen molar-refractivity contribution < 1.29 is 9.59 Å². The predicted octanol–water partition coefficient (Wildman–Crippen LogP) is 5.89. The lowest BCUT2D eigenvalue weighted by Crippen LogP contribution is -2.11. The summed E-state index contributed by atoms with van der Waals surface area (Å²) in [6, 6.07) is 16.9. The van der Waals surface area contributed by atoms with Gasteiger partial charge >= 0.3 is 0 Å². The highest BCUT2D eigenvalue weighted by molar-refractivity contribution is 8.01. The fourth-order valence-corrected chi connectivity index (χ4v) is 4.54. The Hall–Kier alpha value is -2.51. The minimum absolute atomic E-state index is 0.0381. The van der Waals surface area contributed by atoms with Crippen LogP contribution >= 0.6 is 23.1 Å². The summed E-state index contributed by atoms with van der Waals surface area (Å²) in [6.07, 6.45) is 5.96. The van der Waals surface area contributed by atoms with E-state index in [-0.39, 0.29) is 17.4 Å². The van der Waals surface area contributed by atoms with Crippen molar-refractivity contribution in [3.63, 3.8) is 0 Å². The summed E-state index contributed by atoms with van der Waals surface area (Å²) < 4.78 is 0.650. The van der Waals surface area contributed by atoms with Gasteiger partial charge < -0.3 is 0 Å². The van der Waals surface area contributed by atoms with Crippen LogP contribution in [0.25, 0.3) is 0 Å². The Morgan fingerprint density at radius 1 is 0.933 bits per heavy atom. The van der Waals surface area contributed by atoms with Crippen LogP contribution in [0.4, 0.5) is 5.13 Å². The molecular weight excluding hydrogens is 414 g/mol. The van der Waals surface area contributed by atoms with E-state index in [2.05, 4.69) is 22.4 Å². The maximum atomic E-state index is 12.5. The fraction of sp³-hybridized carbons (Fsp3) is 0.304. The van der Waals surface area contributed by atoms with Crippen molar-refractivity contribution in [2.24, 2.45) is 0 Å². The van der Waals surface area contributed by atoms with Gasteiger partial charge in [-0.05, 0) is 30.5 Å². The second kappa shape index (κ2) is 11.6. The first-order valence-corrected chi connectivity index (χ1v) is 11.9. The molecule has 0 aliphatic heterocycles. The van der Waals surface area contributed by atoms with Crippen molar-refractivity contribution in [1.29, 1.82) is 0 Å². The van der Waals surface area contributed by atoms with Gasteiger partial charge in [0.25, 0.3) is 5.91 Å². The standard InChI is InChI=1S/C23H25N3O2S2/c1-2-3-4-6-9-17-12-14-19(15-13-17)21(28)24-22-25-26-23(30-22)29-16-20(27)18-10-7-5-8-11-18/h5,7-8,10-15H,2-4,6,9,16H2,1H3,(H,24,25,28). The molecule has 0 radical (unpaired) electrons. The van der Waals surface area contributed by atoms with Crippen molar-refractivity contribution in [2.45, 2.75) is 43.4 Å². The number of nitrogens with one attached hydrogen (secondary N) is 1. The number of amides is 1. The van der Waals surface area contributed by atoms with Crippen LogP contribution in [-0.2, 0) is 6.42 Å². The smallest absolute Gasteiger partial charge is 0.257 e. The van der Waals surface area contributed by atoms with Crippen molar-refractivity contribution in [3.05, 3.63) is 71.3 Å². The first kappa shape index (κ1) is 22.2. The minimum Gasteiger partial charge on any atom is -0.296 e. The molecule has 1 N–H and O–H groups in total. The third-order valence-electron chi connectivity index (χ3n) is 4.58. The average Bonchev–Trinajstić information content (AvgIpc) is 3.23. The number of unbranched alkanes of at least 4 members (excludes halogenated alkanes) is 3. The summed E-state index contributed by atoms with van der Waals surface area (Å²) >= 11 is 2.59. The van der Waals surface area contributed by atoms with Crippen LogP contribution in [0.5, 0.6) is 0 Å². The lowest BCUT2D eigenvalue weighted by atomic mass is 10.0. The van der Waals surface area contributed by atoms with Gasteiger partial charge in [-0.1, -0.05) is 91.7 Å². The number of hydrogen-bond acceptors (Lipinski definition) is 6. The Morgan fingerprint density at radius 3 is 2.43 bits per heavy atom. The summed E-state index contributed by atoms with van der Waals surface area (Å²) in [4.78, 5) is 24.6. The molecule has 30 heavy (non-hydrogen) atoms. The molecule has 7 heteroatoms. The lowest BCUT2D eigenvalue weighted by Gasteiger charge is -2.04. The Balaban J connectivity index is 1.48. The minimum atomic E-state index is -0.208. The van der Waals surface area contributed by atoms with Crippen molar-refractivity contribution in [2.75, 3.05) is 11.1 Å². The van der Waals surface area contributed by atoms with E-state index in [0.29, 0.717) is 20.6 Å². The van der Waals surface area contributed by atoms with Gasteiger partial charge in [-0.25, -0.2) is 0 Å². The van der Waals surface area contributed by atoms with Crippen LogP contribution in [0, 0.1) is 0 Å². The van der Waals surface area contributed by atoms with Gasteiger partial charge in [0.2, 0.25) is 5.13 Å². The van der Waals surface area contributed by atoms with Gasteiger partial charge in [0, 0.05) is 11.1 Å². The van der Waals surface area contributed by atoms with Gasteiger partial charge in [-0.2, -0.15) is 0 Å². The zero-order valence-corrected chi connectivity index (χ0v) is 18.6. The third-order valence-corrected chi connectivity index (χ3v) is 6.56. The number of rotatable bonds is 11. The molecule has 0 saturated carbocycles. The van der Waals surface area contributed by atoms with E-state index in [4.69, 9.17) is 0 Å². The monoisotopic (exact) mass is 439 g/mol. The van der Waals surface area contributed by atoms with Crippen molar-refractivity contribution in [3.8, 4) is 0 Å². The number of benzene rings is 2. The Morgan fingerprint density at radius 2 is 1.70 bits per heavy atom. The second-order valence-electron chi connectivity index (χ2n) is 6.91. The number of anilines is 1. The summed E-state index contributed by atoms with van der Waals surface area (Å²) in [6.45, 7) is 2.21. The molecule has 1 heterocycles. The molecule has 3 aromatic rings. The number of thioether (sulfide) groups is 1. The maximum Gasteiger partial charge on any atom is 0.257 e. The van der Waals surface area contributed by atoms with Crippen LogP contribution < -0.4 is 5.32 Å². The molecule has 0 unspecified atom stereocenters. The molecule has 156 valence electrons. The average molecular weight is 440 g/mol. The molecule has 0 spiro atoms. The number of aromatic nitrogens is 2. The van der Waals surface area contributed by atoms with Gasteiger partial charge in [0.1, 0.15) is 0 Å². The highest BCUT2D eigenvalue weighted by atomic mass is 32.2. The molecule has 0 bridgehead atoms. The summed E-state index contributed by atoms with van der Waals surface area (Å²) in [5, 5.41) is 11.3. The number of Topliss-reactive ketones (excluding diaryl/α,β-unsaturated/α-hetero) is 1. The van der Waals surface area contributed by atoms with E-state index in [9.17, 15) is 9.59 Å². The molecule has 0 aliphatic rings. The highest BCUT2D eigenvalue weighted by Gasteiger charge is 2.12. The van der Waals surface area contributed by atoms with Crippen LogP contribution in [0.2, 0.25) is 0 Å². The Labute approximate surface area is 185 Å². The summed E-state index contributed by atoms with van der Waals surface area (Å²) in [7, 11) is 0. The highest BCUT2D eigenvalue weighted by Crippen LogP contribution is 2.26. The third kappa shape index (κ3) is 6.78. The molecule has 2 aromatic carbocycles. The zero-order chi connectivity index (χ0) is 21.2. The van der Waals surface area contributed by atoms with Crippen LogP contribution in [0.1, 0.15) is 58.9 Å².